The molecule has 1 fully saturated rings. The van der Waals surface area contributed by atoms with Gasteiger partial charge in [-0.1, -0.05) is 24.3 Å². The molecule has 3 atom stereocenters. The molecule has 3 N–H and O–H groups in total. The van der Waals surface area contributed by atoms with Crippen molar-refractivity contribution in [3.63, 3.8) is 0 Å². The van der Waals surface area contributed by atoms with Crippen LogP contribution in [0.25, 0.3) is 0 Å². The second-order valence-electron chi connectivity index (χ2n) is 8.27. The van der Waals surface area contributed by atoms with Gasteiger partial charge in [-0.05, 0) is 67.1 Å². The van der Waals surface area contributed by atoms with Gasteiger partial charge in [-0.3, -0.25) is 9.69 Å². The van der Waals surface area contributed by atoms with E-state index in [0.29, 0.717) is 12.5 Å². The second-order valence-corrected chi connectivity index (χ2v) is 8.27. The molecule has 2 heterocycles. The SMILES string of the molecule is N[C@@H]1CCCN([C@@H]2Cc3ccccc3[C@H]2Oc2ccc3c(c2)CCC(=O)N3)C1. The number of piperidine rings is 1. The Morgan fingerprint density at radius 2 is 2.00 bits per heavy atom. The van der Waals surface area contributed by atoms with Crippen molar-refractivity contribution < 1.29 is 9.53 Å². The molecule has 0 unspecified atom stereocenters. The Morgan fingerprint density at radius 3 is 2.89 bits per heavy atom. The number of carbonyl (C=O) groups is 1. The number of amides is 1. The van der Waals surface area contributed by atoms with E-state index in [1.807, 2.05) is 12.1 Å². The lowest BCUT2D eigenvalue weighted by Crippen LogP contribution is -2.49. The lowest BCUT2D eigenvalue weighted by atomic mass is 10.0. The van der Waals surface area contributed by atoms with Gasteiger partial charge in [-0.2, -0.15) is 0 Å². The monoisotopic (exact) mass is 377 g/mol. The summed E-state index contributed by atoms with van der Waals surface area (Å²) in [7, 11) is 0. The highest BCUT2D eigenvalue weighted by molar-refractivity contribution is 5.94. The van der Waals surface area contributed by atoms with Crippen LogP contribution < -0.4 is 15.8 Å². The molecule has 1 aliphatic carbocycles. The molecule has 3 aliphatic rings. The fraction of sp³-hybridized carbons (Fsp3) is 0.435. The van der Waals surface area contributed by atoms with E-state index < -0.39 is 0 Å². The first kappa shape index (κ1) is 17.7. The van der Waals surface area contributed by atoms with Crippen LogP contribution in [-0.2, 0) is 17.6 Å². The van der Waals surface area contributed by atoms with Crippen molar-refractivity contribution in [3.8, 4) is 5.75 Å². The Labute approximate surface area is 165 Å². The number of hydrogen-bond acceptors (Lipinski definition) is 4. The molecule has 0 saturated carbocycles. The minimum atomic E-state index is 0.0118. The molecule has 1 saturated heterocycles. The predicted molar refractivity (Wildman–Crippen MR) is 109 cm³/mol. The summed E-state index contributed by atoms with van der Waals surface area (Å²) >= 11 is 0. The van der Waals surface area contributed by atoms with Crippen molar-refractivity contribution in [2.45, 2.75) is 50.3 Å². The van der Waals surface area contributed by atoms with E-state index in [0.717, 1.165) is 55.8 Å². The zero-order valence-electron chi connectivity index (χ0n) is 16.1. The number of carbonyl (C=O) groups excluding carboxylic acids is 1. The number of aryl methyl sites for hydroxylation is 1. The summed E-state index contributed by atoms with van der Waals surface area (Å²) in [5.74, 6) is 0.968. The molecule has 0 spiro atoms. The van der Waals surface area contributed by atoms with Gasteiger partial charge in [0.15, 0.2) is 0 Å². The van der Waals surface area contributed by atoms with Gasteiger partial charge in [-0.15, -0.1) is 0 Å². The Hall–Kier alpha value is -2.37. The number of anilines is 1. The largest absolute Gasteiger partial charge is 0.484 e. The number of rotatable bonds is 3. The number of nitrogens with two attached hydrogens (primary N) is 1. The molecule has 5 rings (SSSR count). The number of benzene rings is 2. The molecule has 146 valence electrons. The Kier molecular flexibility index (Phi) is 4.57. The van der Waals surface area contributed by atoms with Crippen LogP contribution in [0.1, 0.15) is 42.1 Å². The summed E-state index contributed by atoms with van der Waals surface area (Å²) in [4.78, 5) is 14.1. The molecule has 0 aromatic heterocycles. The highest BCUT2D eigenvalue weighted by Crippen LogP contribution is 2.39. The lowest BCUT2D eigenvalue weighted by Gasteiger charge is -2.38. The highest BCUT2D eigenvalue weighted by atomic mass is 16.5. The minimum absolute atomic E-state index is 0.0118. The van der Waals surface area contributed by atoms with Gasteiger partial charge < -0.3 is 15.8 Å². The van der Waals surface area contributed by atoms with Gasteiger partial charge in [0.05, 0.1) is 6.04 Å². The molecule has 0 bridgehead atoms. The first-order valence-electron chi connectivity index (χ1n) is 10.3. The predicted octanol–water partition coefficient (Wildman–Crippen LogP) is 3.04. The van der Waals surface area contributed by atoms with Crippen molar-refractivity contribution in [1.29, 1.82) is 0 Å². The van der Waals surface area contributed by atoms with Gasteiger partial charge in [0.1, 0.15) is 11.9 Å². The van der Waals surface area contributed by atoms with E-state index in [9.17, 15) is 4.79 Å². The molecule has 0 radical (unpaired) electrons. The summed E-state index contributed by atoms with van der Waals surface area (Å²) in [5, 5.41) is 2.95. The van der Waals surface area contributed by atoms with E-state index in [1.165, 1.54) is 11.1 Å². The normalized spacial score (nSPS) is 27.0. The summed E-state index contributed by atoms with van der Waals surface area (Å²) in [6, 6.07) is 15.2. The molecular weight excluding hydrogens is 350 g/mol. The molecule has 1 amide bonds. The smallest absolute Gasteiger partial charge is 0.224 e. The maximum Gasteiger partial charge on any atom is 0.224 e. The number of fused-ring (bicyclic) bond motifs is 2. The van der Waals surface area contributed by atoms with Crippen molar-refractivity contribution in [3.05, 3.63) is 59.2 Å². The third-order valence-corrected chi connectivity index (χ3v) is 6.33. The van der Waals surface area contributed by atoms with Crippen LogP contribution in [0.5, 0.6) is 5.75 Å². The second kappa shape index (κ2) is 7.22. The van der Waals surface area contributed by atoms with E-state index in [-0.39, 0.29) is 18.1 Å². The third-order valence-electron chi connectivity index (χ3n) is 6.33. The fourth-order valence-electron chi connectivity index (χ4n) is 4.92. The number of nitrogens with zero attached hydrogens (tertiary/aromatic N) is 1. The average Bonchev–Trinajstić information content (AvgIpc) is 3.07. The Morgan fingerprint density at radius 1 is 1.11 bits per heavy atom. The van der Waals surface area contributed by atoms with Crippen LogP contribution in [0.15, 0.2) is 42.5 Å². The van der Waals surface area contributed by atoms with E-state index in [2.05, 4.69) is 40.5 Å². The first-order valence-corrected chi connectivity index (χ1v) is 10.3. The summed E-state index contributed by atoms with van der Waals surface area (Å²) < 4.78 is 6.60. The van der Waals surface area contributed by atoms with Crippen LogP contribution in [0.4, 0.5) is 5.69 Å². The quantitative estimate of drug-likeness (QED) is 0.863. The van der Waals surface area contributed by atoms with Crippen LogP contribution in [0, 0.1) is 0 Å². The average molecular weight is 377 g/mol. The molecule has 2 aliphatic heterocycles. The number of hydrogen-bond donors (Lipinski definition) is 2. The van der Waals surface area contributed by atoms with Gasteiger partial charge in [0, 0.05) is 24.7 Å². The van der Waals surface area contributed by atoms with E-state index in [4.69, 9.17) is 10.5 Å². The zero-order chi connectivity index (χ0) is 19.1. The highest BCUT2D eigenvalue weighted by Gasteiger charge is 2.39. The number of likely N-dealkylation sites (tertiary alicyclic amines) is 1. The molecular formula is C23H27N3O2. The van der Waals surface area contributed by atoms with Gasteiger partial charge >= 0.3 is 0 Å². The van der Waals surface area contributed by atoms with Crippen LogP contribution in [0.2, 0.25) is 0 Å². The van der Waals surface area contributed by atoms with Crippen LogP contribution in [0.3, 0.4) is 0 Å². The Balaban J connectivity index is 1.43. The molecule has 2 aromatic carbocycles. The van der Waals surface area contributed by atoms with Crippen LogP contribution >= 0.6 is 0 Å². The summed E-state index contributed by atoms with van der Waals surface area (Å²) in [6.45, 7) is 2.02. The topological polar surface area (TPSA) is 67.6 Å². The summed E-state index contributed by atoms with van der Waals surface area (Å²) in [6.07, 6.45) is 4.59. The zero-order valence-corrected chi connectivity index (χ0v) is 16.1. The number of nitrogens with one attached hydrogen (secondary N) is 1. The maximum absolute atomic E-state index is 11.6. The van der Waals surface area contributed by atoms with Gasteiger partial charge in [-0.25, -0.2) is 0 Å². The maximum atomic E-state index is 11.6. The van der Waals surface area contributed by atoms with Gasteiger partial charge in [0.2, 0.25) is 5.91 Å². The van der Waals surface area contributed by atoms with E-state index >= 15 is 0 Å². The number of ether oxygens (including phenoxy) is 1. The molecule has 28 heavy (non-hydrogen) atoms. The third kappa shape index (κ3) is 3.29. The van der Waals surface area contributed by atoms with Crippen molar-refractivity contribution in [2.75, 3.05) is 18.4 Å². The molecule has 5 nitrogen and oxygen atoms in total. The van der Waals surface area contributed by atoms with Crippen LogP contribution in [-0.4, -0.2) is 36.0 Å². The minimum Gasteiger partial charge on any atom is -0.484 e. The summed E-state index contributed by atoms with van der Waals surface area (Å²) in [5.41, 5.74) is 11.0. The molecule has 5 heteroatoms. The lowest BCUT2D eigenvalue weighted by molar-refractivity contribution is -0.116. The van der Waals surface area contributed by atoms with Crippen molar-refractivity contribution in [2.24, 2.45) is 5.73 Å². The Bertz CT molecular complexity index is 897. The molecule has 2 aromatic rings. The first-order chi connectivity index (χ1) is 13.7. The van der Waals surface area contributed by atoms with Crippen molar-refractivity contribution in [1.82, 2.24) is 4.90 Å². The van der Waals surface area contributed by atoms with Crippen molar-refractivity contribution >= 4 is 11.6 Å². The standard InChI is InChI=1S/C23H27N3O2/c24-17-5-3-11-26(14-17)21-13-15-4-1-2-6-19(15)23(21)28-18-8-9-20-16(12-18)7-10-22(27)25-20/h1-2,4,6,8-9,12,17,21,23H,3,5,7,10-11,13-14,24H2,(H,25,27)/t17-,21-,23-/m1/s1. The fourth-order valence-corrected chi connectivity index (χ4v) is 4.92. The van der Waals surface area contributed by atoms with Gasteiger partial charge in [0.25, 0.3) is 0 Å². The van der Waals surface area contributed by atoms with E-state index in [1.54, 1.807) is 0 Å².